The third kappa shape index (κ3) is 2.72. The Balaban J connectivity index is 1.83. The van der Waals surface area contributed by atoms with E-state index in [0.29, 0.717) is 13.2 Å². The summed E-state index contributed by atoms with van der Waals surface area (Å²) in [6.07, 6.45) is 0. The van der Waals surface area contributed by atoms with Crippen LogP contribution >= 0.6 is 11.3 Å². The number of ether oxygens (including phenoxy) is 2. The van der Waals surface area contributed by atoms with Crippen LogP contribution in [0.25, 0.3) is 10.6 Å². The molecule has 1 aromatic heterocycles. The number of aromatic nitrogens is 1. The molecule has 3 rings (SSSR count). The normalized spacial score (nSPS) is 13.5. The number of thiazole rings is 1. The number of rotatable bonds is 4. The van der Waals surface area contributed by atoms with Crippen LogP contribution in [0.4, 0.5) is 0 Å². The molecule has 0 saturated heterocycles. The molecule has 1 aromatic carbocycles. The summed E-state index contributed by atoms with van der Waals surface area (Å²) >= 11 is 1.66. The molecule has 0 radical (unpaired) electrons. The van der Waals surface area contributed by atoms with Crippen LogP contribution in [0.1, 0.15) is 12.6 Å². The van der Waals surface area contributed by atoms with Gasteiger partial charge in [-0.25, -0.2) is 4.98 Å². The van der Waals surface area contributed by atoms with Crippen LogP contribution in [0.3, 0.4) is 0 Å². The molecule has 0 saturated carbocycles. The van der Waals surface area contributed by atoms with Gasteiger partial charge in [0.1, 0.15) is 18.2 Å². The fraction of sp³-hybridized carbons (Fsp3) is 0.357. The number of nitrogens with zero attached hydrogens (tertiary/aromatic N) is 1. The van der Waals surface area contributed by atoms with E-state index in [0.717, 1.165) is 40.9 Å². The molecular formula is C14H16N2O2S. The number of hydrogen-bond acceptors (Lipinski definition) is 5. The first-order valence-electron chi connectivity index (χ1n) is 6.42. The van der Waals surface area contributed by atoms with Gasteiger partial charge in [-0.3, -0.25) is 0 Å². The Hall–Kier alpha value is -1.59. The quantitative estimate of drug-likeness (QED) is 0.932. The maximum absolute atomic E-state index is 5.60. The van der Waals surface area contributed by atoms with Gasteiger partial charge in [0.15, 0.2) is 11.5 Å². The maximum atomic E-state index is 5.60. The molecule has 0 unspecified atom stereocenters. The summed E-state index contributed by atoms with van der Waals surface area (Å²) in [6, 6.07) is 5.99. The molecule has 0 bridgehead atoms. The Morgan fingerprint density at radius 1 is 1.26 bits per heavy atom. The van der Waals surface area contributed by atoms with Gasteiger partial charge in [0.25, 0.3) is 0 Å². The van der Waals surface area contributed by atoms with Crippen molar-refractivity contribution < 1.29 is 9.47 Å². The van der Waals surface area contributed by atoms with E-state index >= 15 is 0 Å². The van der Waals surface area contributed by atoms with Crippen LogP contribution in [-0.2, 0) is 6.54 Å². The second-order valence-electron chi connectivity index (χ2n) is 4.28. The summed E-state index contributed by atoms with van der Waals surface area (Å²) in [6.45, 7) is 5.10. The van der Waals surface area contributed by atoms with E-state index < -0.39 is 0 Å². The van der Waals surface area contributed by atoms with Gasteiger partial charge in [0.2, 0.25) is 0 Å². The first-order chi connectivity index (χ1) is 9.36. The predicted molar refractivity (Wildman–Crippen MR) is 75.9 cm³/mol. The van der Waals surface area contributed by atoms with Crippen molar-refractivity contribution >= 4 is 11.3 Å². The SMILES string of the molecule is CCNCc1csc(-c2ccc3c(c2)OCCO3)n1. The predicted octanol–water partition coefficient (Wildman–Crippen LogP) is 2.69. The van der Waals surface area contributed by atoms with Crippen molar-refractivity contribution in [3.8, 4) is 22.1 Å². The third-order valence-corrected chi connectivity index (χ3v) is 3.84. The van der Waals surface area contributed by atoms with Crippen molar-refractivity contribution in [1.82, 2.24) is 10.3 Å². The molecule has 0 atom stereocenters. The fourth-order valence-corrected chi connectivity index (χ4v) is 2.77. The summed E-state index contributed by atoms with van der Waals surface area (Å²) in [5.74, 6) is 1.63. The Kier molecular flexibility index (Phi) is 3.66. The lowest BCUT2D eigenvalue weighted by Crippen LogP contribution is -2.15. The minimum Gasteiger partial charge on any atom is -0.486 e. The van der Waals surface area contributed by atoms with Crippen molar-refractivity contribution in [1.29, 1.82) is 0 Å². The monoisotopic (exact) mass is 276 g/mol. The van der Waals surface area contributed by atoms with E-state index in [4.69, 9.17) is 9.47 Å². The highest BCUT2D eigenvalue weighted by atomic mass is 32.1. The van der Waals surface area contributed by atoms with Gasteiger partial charge >= 0.3 is 0 Å². The summed E-state index contributed by atoms with van der Waals surface area (Å²) in [5, 5.41) is 6.39. The lowest BCUT2D eigenvalue weighted by molar-refractivity contribution is 0.171. The Morgan fingerprint density at radius 2 is 2.11 bits per heavy atom. The summed E-state index contributed by atoms with van der Waals surface area (Å²) in [4.78, 5) is 4.63. The molecule has 1 N–H and O–H groups in total. The molecule has 4 nitrogen and oxygen atoms in total. The molecule has 0 amide bonds. The zero-order valence-corrected chi connectivity index (χ0v) is 11.6. The molecule has 0 aliphatic carbocycles. The zero-order valence-electron chi connectivity index (χ0n) is 10.8. The highest BCUT2D eigenvalue weighted by Gasteiger charge is 2.13. The number of nitrogens with one attached hydrogen (secondary N) is 1. The topological polar surface area (TPSA) is 43.4 Å². The minimum atomic E-state index is 0.611. The van der Waals surface area contributed by atoms with Crippen LogP contribution in [0, 0.1) is 0 Å². The summed E-state index contributed by atoms with van der Waals surface area (Å²) in [5.41, 5.74) is 2.16. The number of hydrogen-bond donors (Lipinski definition) is 1. The fourth-order valence-electron chi connectivity index (χ4n) is 1.95. The van der Waals surface area contributed by atoms with Gasteiger partial charge in [-0.15, -0.1) is 11.3 Å². The molecule has 2 heterocycles. The molecule has 0 spiro atoms. The molecule has 5 heteroatoms. The average molecular weight is 276 g/mol. The molecule has 2 aromatic rings. The van der Waals surface area contributed by atoms with Crippen LogP contribution in [0.2, 0.25) is 0 Å². The Bertz CT molecular complexity index is 568. The minimum absolute atomic E-state index is 0.611. The van der Waals surface area contributed by atoms with E-state index in [1.54, 1.807) is 11.3 Å². The average Bonchev–Trinajstić information content (AvgIpc) is 2.93. The van der Waals surface area contributed by atoms with Crippen LogP contribution in [0.5, 0.6) is 11.5 Å². The van der Waals surface area contributed by atoms with E-state index in [-0.39, 0.29) is 0 Å². The maximum Gasteiger partial charge on any atom is 0.162 e. The smallest absolute Gasteiger partial charge is 0.162 e. The van der Waals surface area contributed by atoms with Crippen molar-refractivity contribution in [2.75, 3.05) is 19.8 Å². The molecule has 1 aliphatic heterocycles. The second-order valence-corrected chi connectivity index (χ2v) is 5.14. The van der Waals surface area contributed by atoms with Gasteiger partial charge in [-0.1, -0.05) is 6.92 Å². The first kappa shape index (κ1) is 12.4. The first-order valence-corrected chi connectivity index (χ1v) is 7.30. The van der Waals surface area contributed by atoms with Crippen molar-refractivity contribution in [3.05, 3.63) is 29.3 Å². The van der Waals surface area contributed by atoms with Gasteiger partial charge < -0.3 is 14.8 Å². The van der Waals surface area contributed by atoms with Crippen LogP contribution in [0.15, 0.2) is 23.6 Å². The van der Waals surface area contributed by atoms with Crippen molar-refractivity contribution in [2.24, 2.45) is 0 Å². The molecular weight excluding hydrogens is 260 g/mol. The molecule has 19 heavy (non-hydrogen) atoms. The van der Waals surface area contributed by atoms with E-state index in [1.807, 2.05) is 18.2 Å². The number of fused-ring (bicyclic) bond motifs is 1. The van der Waals surface area contributed by atoms with Crippen LogP contribution < -0.4 is 14.8 Å². The van der Waals surface area contributed by atoms with Crippen molar-refractivity contribution in [2.45, 2.75) is 13.5 Å². The Morgan fingerprint density at radius 3 is 2.95 bits per heavy atom. The largest absolute Gasteiger partial charge is 0.486 e. The van der Waals surface area contributed by atoms with Gasteiger partial charge in [-0.05, 0) is 24.7 Å². The van der Waals surface area contributed by atoms with Gasteiger partial charge in [0, 0.05) is 17.5 Å². The highest BCUT2D eigenvalue weighted by molar-refractivity contribution is 7.13. The van der Waals surface area contributed by atoms with Gasteiger partial charge in [0.05, 0.1) is 5.69 Å². The second kappa shape index (κ2) is 5.59. The van der Waals surface area contributed by atoms with E-state index in [1.165, 1.54) is 0 Å². The standard InChI is InChI=1S/C14H16N2O2S/c1-2-15-8-11-9-19-14(16-11)10-3-4-12-13(7-10)18-6-5-17-12/h3-4,7,9,15H,2,5-6,8H2,1H3. The summed E-state index contributed by atoms with van der Waals surface area (Å²) in [7, 11) is 0. The van der Waals surface area contributed by atoms with Crippen LogP contribution in [-0.4, -0.2) is 24.7 Å². The molecule has 0 fully saturated rings. The zero-order chi connectivity index (χ0) is 13.1. The van der Waals surface area contributed by atoms with Crippen molar-refractivity contribution in [3.63, 3.8) is 0 Å². The van der Waals surface area contributed by atoms with Gasteiger partial charge in [-0.2, -0.15) is 0 Å². The third-order valence-electron chi connectivity index (χ3n) is 2.90. The Labute approximate surface area is 116 Å². The summed E-state index contributed by atoms with van der Waals surface area (Å²) < 4.78 is 11.1. The number of benzene rings is 1. The van der Waals surface area contributed by atoms with E-state index in [2.05, 4.69) is 22.6 Å². The molecule has 1 aliphatic rings. The lowest BCUT2D eigenvalue weighted by atomic mass is 10.2. The lowest BCUT2D eigenvalue weighted by Gasteiger charge is -2.18. The van der Waals surface area contributed by atoms with E-state index in [9.17, 15) is 0 Å². The highest BCUT2D eigenvalue weighted by Crippen LogP contribution is 2.35. The molecule has 100 valence electrons.